The molecule has 0 saturated carbocycles. The monoisotopic (exact) mass is 410 g/mol. The Morgan fingerprint density at radius 3 is 2.48 bits per heavy atom. The van der Waals surface area contributed by atoms with Crippen molar-refractivity contribution in [1.82, 2.24) is 24.6 Å². The Balaban J connectivity index is 1.49. The zero-order valence-electron chi connectivity index (χ0n) is 16.5. The van der Waals surface area contributed by atoms with Crippen LogP contribution in [0, 0.1) is 13.8 Å². The molecule has 8 heteroatoms. The van der Waals surface area contributed by atoms with E-state index in [1.54, 1.807) is 41.3 Å². The van der Waals surface area contributed by atoms with Crippen molar-refractivity contribution in [3.8, 4) is 5.82 Å². The number of rotatable bonds is 3. The van der Waals surface area contributed by atoms with Gasteiger partial charge < -0.3 is 9.80 Å². The highest BCUT2D eigenvalue weighted by Gasteiger charge is 2.21. The molecule has 1 saturated heterocycles. The van der Waals surface area contributed by atoms with E-state index in [1.807, 2.05) is 24.8 Å². The van der Waals surface area contributed by atoms with Crippen molar-refractivity contribution >= 4 is 23.3 Å². The minimum Gasteiger partial charge on any atom is -0.353 e. The fourth-order valence-electron chi connectivity index (χ4n) is 3.59. The largest absolute Gasteiger partial charge is 0.353 e. The van der Waals surface area contributed by atoms with E-state index < -0.39 is 0 Å². The molecule has 0 radical (unpaired) electrons. The molecule has 150 valence electrons. The molecule has 1 amide bonds. The summed E-state index contributed by atoms with van der Waals surface area (Å²) in [7, 11) is 0. The lowest BCUT2D eigenvalue weighted by molar-refractivity contribution is 0.0767. The van der Waals surface area contributed by atoms with Gasteiger partial charge in [0.25, 0.3) is 5.91 Å². The molecule has 1 fully saturated rings. The number of anilines is 1. The van der Waals surface area contributed by atoms with Crippen molar-refractivity contribution in [3.05, 3.63) is 64.7 Å². The molecule has 1 aliphatic rings. The van der Waals surface area contributed by atoms with E-state index >= 15 is 0 Å². The zero-order chi connectivity index (χ0) is 20.4. The second kappa shape index (κ2) is 8.21. The first kappa shape index (κ1) is 19.4. The minimum atomic E-state index is 0.0333. The molecule has 1 aromatic carbocycles. The number of carbonyl (C=O) groups excluding carboxylic acids is 1. The summed E-state index contributed by atoms with van der Waals surface area (Å²) in [5, 5.41) is 5.12. The van der Waals surface area contributed by atoms with Gasteiger partial charge in [-0.3, -0.25) is 9.78 Å². The molecule has 4 rings (SSSR count). The summed E-state index contributed by atoms with van der Waals surface area (Å²) in [6.07, 6.45) is 4.36. The molecule has 0 atom stereocenters. The van der Waals surface area contributed by atoms with Gasteiger partial charge in [0.2, 0.25) is 0 Å². The predicted molar refractivity (Wildman–Crippen MR) is 113 cm³/mol. The van der Waals surface area contributed by atoms with Gasteiger partial charge in [-0.15, -0.1) is 0 Å². The van der Waals surface area contributed by atoms with Gasteiger partial charge in [-0.25, -0.2) is 9.67 Å². The topological polar surface area (TPSA) is 67.2 Å². The summed E-state index contributed by atoms with van der Waals surface area (Å²) >= 11 is 5.93. The third kappa shape index (κ3) is 4.24. The SMILES string of the molecule is Cc1cc(C)n(-c2cncc(N3CCCN(C(=O)c4ccc(Cl)cc4)CC3)n2)n1. The Morgan fingerprint density at radius 2 is 1.76 bits per heavy atom. The van der Waals surface area contributed by atoms with Crippen LogP contribution in [0.3, 0.4) is 0 Å². The highest BCUT2D eigenvalue weighted by Crippen LogP contribution is 2.18. The van der Waals surface area contributed by atoms with Crippen LogP contribution >= 0.6 is 11.6 Å². The van der Waals surface area contributed by atoms with Crippen LogP contribution in [0.5, 0.6) is 0 Å². The van der Waals surface area contributed by atoms with E-state index in [0.29, 0.717) is 36.0 Å². The van der Waals surface area contributed by atoms with Gasteiger partial charge in [0, 0.05) is 42.5 Å². The van der Waals surface area contributed by atoms with Crippen LogP contribution in [0.25, 0.3) is 5.82 Å². The number of hydrogen-bond donors (Lipinski definition) is 0. The van der Waals surface area contributed by atoms with Gasteiger partial charge in [-0.2, -0.15) is 5.10 Å². The predicted octanol–water partition coefficient (Wildman–Crippen LogP) is 3.29. The van der Waals surface area contributed by atoms with Gasteiger partial charge >= 0.3 is 0 Å². The maximum absolute atomic E-state index is 12.8. The number of nitrogens with zero attached hydrogens (tertiary/aromatic N) is 6. The number of halogens is 1. The Morgan fingerprint density at radius 1 is 1.00 bits per heavy atom. The highest BCUT2D eigenvalue weighted by molar-refractivity contribution is 6.30. The number of carbonyl (C=O) groups is 1. The maximum atomic E-state index is 12.8. The molecule has 29 heavy (non-hydrogen) atoms. The lowest BCUT2D eigenvalue weighted by atomic mass is 10.2. The van der Waals surface area contributed by atoms with E-state index in [-0.39, 0.29) is 5.91 Å². The second-order valence-electron chi connectivity index (χ2n) is 7.21. The molecule has 1 aliphatic heterocycles. The molecule has 0 spiro atoms. The summed E-state index contributed by atoms with van der Waals surface area (Å²) in [5.74, 6) is 1.54. The van der Waals surface area contributed by atoms with Crippen molar-refractivity contribution in [1.29, 1.82) is 0 Å². The van der Waals surface area contributed by atoms with Crippen LogP contribution in [0.2, 0.25) is 5.02 Å². The number of benzene rings is 1. The molecular weight excluding hydrogens is 388 g/mol. The van der Waals surface area contributed by atoms with E-state index in [0.717, 1.165) is 30.2 Å². The Kier molecular flexibility index (Phi) is 5.49. The molecule has 0 bridgehead atoms. The molecule has 3 aromatic rings. The first-order valence-corrected chi connectivity index (χ1v) is 10.0. The van der Waals surface area contributed by atoms with Crippen LogP contribution in [0.4, 0.5) is 5.82 Å². The highest BCUT2D eigenvalue weighted by atomic mass is 35.5. The number of amides is 1. The quantitative estimate of drug-likeness (QED) is 0.662. The third-order valence-electron chi connectivity index (χ3n) is 5.03. The summed E-state index contributed by atoms with van der Waals surface area (Å²) in [6.45, 7) is 6.83. The average molecular weight is 411 g/mol. The van der Waals surface area contributed by atoms with Gasteiger partial charge in [-0.05, 0) is 50.6 Å². The normalized spacial score (nSPS) is 14.7. The first-order valence-electron chi connectivity index (χ1n) is 9.67. The van der Waals surface area contributed by atoms with Crippen LogP contribution in [-0.4, -0.2) is 56.7 Å². The summed E-state index contributed by atoms with van der Waals surface area (Å²) in [4.78, 5) is 26.0. The van der Waals surface area contributed by atoms with Gasteiger partial charge in [0.05, 0.1) is 18.1 Å². The van der Waals surface area contributed by atoms with Crippen molar-refractivity contribution in [3.63, 3.8) is 0 Å². The van der Waals surface area contributed by atoms with Crippen molar-refractivity contribution in [2.24, 2.45) is 0 Å². The number of hydrogen-bond acceptors (Lipinski definition) is 5. The second-order valence-corrected chi connectivity index (χ2v) is 7.65. The van der Waals surface area contributed by atoms with Gasteiger partial charge in [0.15, 0.2) is 5.82 Å². The van der Waals surface area contributed by atoms with Gasteiger partial charge in [-0.1, -0.05) is 11.6 Å². The van der Waals surface area contributed by atoms with E-state index in [2.05, 4.69) is 15.0 Å². The standard InChI is InChI=1S/C21H23ClN6O/c1-15-12-16(2)28(25-15)20-14-23-13-19(24-20)26-8-3-9-27(11-10-26)21(29)17-4-6-18(22)7-5-17/h4-7,12-14H,3,8-11H2,1-2H3. The van der Waals surface area contributed by atoms with Gasteiger partial charge in [0.1, 0.15) is 5.82 Å². The molecule has 0 unspecified atom stereocenters. The number of aryl methyl sites for hydroxylation is 2. The first-order chi connectivity index (χ1) is 14.0. The Hall–Kier alpha value is -2.93. The summed E-state index contributed by atoms with van der Waals surface area (Å²) in [5.41, 5.74) is 2.62. The zero-order valence-corrected chi connectivity index (χ0v) is 17.3. The van der Waals surface area contributed by atoms with E-state index in [1.165, 1.54) is 0 Å². The molecule has 0 aliphatic carbocycles. The molecule has 7 nitrogen and oxygen atoms in total. The summed E-state index contributed by atoms with van der Waals surface area (Å²) in [6, 6.07) is 9.06. The lowest BCUT2D eigenvalue weighted by Gasteiger charge is -2.23. The summed E-state index contributed by atoms with van der Waals surface area (Å²) < 4.78 is 1.81. The smallest absolute Gasteiger partial charge is 0.253 e. The van der Waals surface area contributed by atoms with Crippen LogP contribution in [-0.2, 0) is 0 Å². The fourth-order valence-corrected chi connectivity index (χ4v) is 3.71. The number of aromatic nitrogens is 4. The van der Waals surface area contributed by atoms with Crippen LogP contribution in [0.15, 0.2) is 42.7 Å². The average Bonchev–Trinajstić information content (AvgIpc) is 2.92. The fraction of sp³-hybridized carbons (Fsp3) is 0.333. The molecule has 0 N–H and O–H groups in total. The van der Waals surface area contributed by atoms with E-state index in [9.17, 15) is 4.79 Å². The maximum Gasteiger partial charge on any atom is 0.253 e. The van der Waals surface area contributed by atoms with Crippen LogP contribution < -0.4 is 4.90 Å². The van der Waals surface area contributed by atoms with Crippen molar-refractivity contribution in [2.45, 2.75) is 20.3 Å². The third-order valence-corrected chi connectivity index (χ3v) is 5.29. The molecular formula is C21H23ClN6O. The lowest BCUT2D eigenvalue weighted by Crippen LogP contribution is -2.35. The van der Waals surface area contributed by atoms with Crippen molar-refractivity contribution in [2.75, 3.05) is 31.1 Å². The van der Waals surface area contributed by atoms with Crippen molar-refractivity contribution < 1.29 is 4.79 Å². The minimum absolute atomic E-state index is 0.0333. The van der Waals surface area contributed by atoms with Crippen LogP contribution in [0.1, 0.15) is 28.2 Å². The molecule has 2 aromatic heterocycles. The van der Waals surface area contributed by atoms with E-state index in [4.69, 9.17) is 16.6 Å². The Labute approximate surface area is 174 Å². The Bertz CT molecular complexity index is 1020. The molecule has 3 heterocycles.